The van der Waals surface area contributed by atoms with E-state index in [1.54, 1.807) is 48.5 Å². The Kier molecular flexibility index (Phi) is 12.2. The third-order valence-electron chi connectivity index (χ3n) is 8.24. The van der Waals surface area contributed by atoms with E-state index in [1.807, 2.05) is 66.7 Å². The predicted octanol–water partition coefficient (Wildman–Crippen LogP) is 8.13. The van der Waals surface area contributed by atoms with Crippen molar-refractivity contribution in [1.29, 1.82) is 0 Å². The number of aryl methyl sites for hydroxylation is 1. The molecule has 3 N–H and O–H groups in total. The monoisotopic (exact) mass is 731 g/mol. The summed E-state index contributed by atoms with van der Waals surface area (Å²) in [6, 6.07) is 32.8. The molecule has 0 spiro atoms. The minimum Gasteiger partial charge on any atom is -0.489 e. The molecule has 1 aromatic heterocycles. The second-order valence-electron chi connectivity index (χ2n) is 11.9. The first-order valence-corrected chi connectivity index (χ1v) is 18.6. The lowest BCUT2D eigenvalue weighted by Crippen LogP contribution is -2.30. The third-order valence-corrected chi connectivity index (χ3v) is 10.4. The maximum atomic E-state index is 13.7. The van der Waals surface area contributed by atoms with E-state index in [1.165, 1.54) is 30.2 Å². The van der Waals surface area contributed by atoms with Crippen LogP contribution in [-0.4, -0.2) is 36.6 Å². The van der Waals surface area contributed by atoms with Crippen LogP contribution in [0.15, 0.2) is 120 Å². The Morgan fingerprint density at radius 1 is 0.827 bits per heavy atom. The zero-order valence-electron chi connectivity index (χ0n) is 28.5. The number of hydrogen-bond acceptors (Lipinski definition) is 8. The zero-order valence-corrected chi connectivity index (χ0v) is 30.1. The van der Waals surface area contributed by atoms with Gasteiger partial charge < -0.3 is 25.4 Å². The van der Waals surface area contributed by atoms with E-state index in [0.717, 1.165) is 46.6 Å². The van der Waals surface area contributed by atoms with Crippen molar-refractivity contribution >= 4 is 63.6 Å². The molecule has 52 heavy (non-hydrogen) atoms. The molecule has 0 saturated heterocycles. The van der Waals surface area contributed by atoms with Gasteiger partial charge in [-0.05, 0) is 90.9 Å². The molecule has 0 fully saturated rings. The number of ether oxygens (including phenoxy) is 2. The molecular formula is C41H37N3O6S2. The van der Waals surface area contributed by atoms with Crippen molar-refractivity contribution in [1.82, 2.24) is 5.32 Å². The fourth-order valence-corrected chi connectivity index (χ4v) is 7.70. The molecule has 0 atom stereocenters. The van der Waals surface area contributed by atoms with E-state index in [2.05, 4.69) is 16.0 Å². The number of benzene rings is 4. The summed E-state index contributed by atoms with van der Waals surface area (Å²) in [7, 11) is 1.35. The molecule has 0 unspecified atom stereocenters. The van der Waals surface area contributed by atoms with Crippen molar-refractivity contribution in [2.45, 2.75) is 37.2 Å². The lowest BCUT2D eigenvalue weighted by molar-refractivity contribution is -0.114. The molecule has 5 aromatic rings. The average Bonchev–Trinajstić information content (AvgIpc) is 3.54. The lowest BCUT2D eigenvalue weighted by atomic mass is 9.95. The Balaban J connectivity index is 1.12. The van der Waals surface area contributed by atoms with E-state index in [9.17, 15) is 19.2 Å². The van der Waals surface area contributed by atoms with E-state index in [0.29, 0.717) is 39.7 Å². The van der Waals surface area contributed by atoms with Crippen molar-refractivity contribution in [2.24, 2.45) is 0 Å². The van der Waals surface area contributed by atoms with Crippen LogP contribution in [0.25, 0.3) is 6.08 Å². The van der Waals surface area contributed by atoms with Crippen LogP contribution < -0.4 is 20.7 Å². The summed E-state index contributed by atoms with van der Waals surface area (Å²) in [6.07, 6.45) is 5.34. The number of thioether (sulfide) groups is 1. The summed E-state index contributed by atoms with van der Waals surface area (Å²) in [4.78, 5) is 54.3. The summed E-state index contributed by atoms with van der Waals surface area (Å²) in [5, 5.41) is 9.09. The third kappa shape index (κ3) is 9.56. The first-order valence-electron chi connectivity index (χ1n) is 16.8. The van der Waals surface area contributed by atoms with Gasteiger partial charge in [-0.2, -0.15) is 0 Å². The highest BCUT2D eigenvalue weighted by atomic mass is 32.2. The molecule has 9 nitrogen and oxygen atoms in total. The normalized spacial score (nSPS) is 12.3. The largest absolute Gasteiger partial charge is 0.489 e. The van der Waals surface area contributed by atoms with Gasteiger partial charge in [-0.1, -0.05) is 66.7 Å². The average molecular weight is 732 g/mol. The van der Waals surface area contributed by atoms with E-state index < -0.39 is 17.8 Å². The Hall–Kier alpha value is -5.65. The van der Waals surface area contributed by atoms with Gasteiger partial charge in [0.05, 0.1) is 18.4 Å². The fraction of sp³-hybridized carbons (Fsp3) is 0.171. The summed E-state index contributed by atoms with van der Waals surface area (Å²) < 4.78 is 10.9. The highest BCUT2D eigenvalue weighted by Crippen LogP contribution is 2.38. The number of amides is 3. The van der Waals surface area contributed by atoms with Gasteiger partial charge in [0.25, 0.3) is 11.8 Å². The van der Waals surface area contributed by atoms with E-state index in [-0.39, 0.29) is 17.4 Å². The molecule has 1 aliphatic rings. The maximum absolute atomic E-state index is 13.7. The highest BCUT2D eigenvalue weighted by molar-refractivity contribution is 8.00. The van der Waals surface area contributed by atoms with Crippen LogP contribution in [0.5, 0.6) is 5.75 Å². The minimum absolute atomic E-state index is 0.0456. The second kappa shape index (κ2) is 17.5. The van der Waals surface area contributed by atoms with Crippen molar-refractivity contribution in [3.63, 3.8) is 0 Å². The van der Waals surface area contributed by atoms with Crippen LogP contribution in [0.1, 0.15) is 55.1 Å². The summed E-state index contributed by atoms with van der Waals surface area (Å²) >= 11 is 2.74. The van der Waals surface area contributed by atoms with Crippen LogP contribution in [0, 0.1) is 0 Å². The number of rotatable bonds is 13. The smallest absolute Gasteiger partial charge is 0.341 e. The molecule has 4 aromatic carbocycles. The summed E-state index contributed by atoms with van der Waals surface area (Å²) in [6.45, 7) is 0.422. The number of fused-ring (bicyclic) bond motifs is 1. The van der Waals surface area contributed by atoms with Crippen LogP contribution >= 0.6 is 23.1 Å². The second-order valence-corrected chi connectivity index (χ2v) is 14.1. The van der Waals surface area contributed by atoms with Gasteiger partial charge >= 0.3 is 5.97 Å². The van der Waals surface area contributed by atoms with Crippen molar-refractivity contribution in [2.75, 3.05) is 23.5 Å². The molecular weight excluding hydrogens is 695 g/mol. The molecule has 6 rings (SSSR count). The summed E-state index contributed by atoms with van der Waals surface area (Å²) in [5.41, 5.74) is 4.11. The molecule has 11 heteroatoms. The number of carbonyl (C=O) groups is 4. The Bertz CT molecular complexity index is 2080. The zero-order chi connectivity index (χ0) is 36.3. The molecule has 3 amide bonds. The van der Waals surface area contributed by atoms with Crippen LogP contribution in [0.4, 0.5) is 10.7 Å². The van der Waals surface area contributed by atoms with Gasteiger partial charge in [0.1, 0.15) is 23.1 Å². The quantitative estimate of drug-likeness (QED) is 0.0635. The van der Waals surface area contributed by atoms with Gasteiger partial charge in [0.15, 0.2) is 0 Å². The van der Waals surface area contributed by atoms with Gasteiger partial charge in [-0.3, -0.25) is 14.4 Å². The maximum Gasteiger partial charge on any atom is 0.341 e. The van der Waals surface area contributed by atoms with Gasteiger partial charge in [0.2, 0.25) is 5.91 Å². The molecule has 0 saturated carbocycles. The minimum atomic E-state index is -0.523. The van der Waals surface area contributed by atoms with Crippen LogP contribution in [0.3, 0.4) is 0 Å². The first-order chi connectivity index (χ1) is 25.4. The van der Waals surface area contributed by atoms with Crippen LogP contribution in [-0.2, 0) is 33.8 Å². The molecule has 0 radical (unpaired) electrons. The SMILES string of the molecule is COC(=O)c1c(NC(=O)CSc2cccc(NC(=O)/C(=C/c3ccc(OCc4ccccc4)cc3)NC(=O)c3ccccc3)c2)sc2c1CCCC2. The highest BCUT2D eigenvalue weighted by Gasteiger charge is 2.27. The van der Waals surface area contributed by atoms with E-state index in [4.69, 9.17) is 9.47 Å². The van der Waals surface area contributed by atoms with E-state index >= 15 is 0 Å². The number of nitrogens with one attached hydrogen (secondary N) is 3. The van der Waals surface area contributed by atoms with Gasteiger partial charge in [-0.15, -0.1) is 23.1 Å². The Morgan fingerprint density at radius 3 is 2.31 bits per heavy atom. The number of anilines is 2. The molecule has 264 valence electrons. The van der Waals surface area contributed by atoms with Crippen molar-refractivity contribution in [3.8, 4) is 5.75 Å². The number of carbonyl (C=O) groups excluding carboxylic acids is 4. The standard InChI is InChI=1S/C41H37N3O6S2/c1-49-41(48)37-33-17-8-9-18-35(33)52-40(37)44-36(45)26-51-32-16-10-15-30(24-32)42-39(47)34(43-38(46)29-13-6-3-7-14-29)23-27-19-21-31(22-20-27)50-25-28-11-4-2-5-12-28/h2-7,10-16,19-24H,8-9,17-18,25-26H2,1H3,(H,42,47)(H,43,46)(H,44,45)/b34-23-. The Labute approximate surface area is 310 Å². The van der Waals surface area contributed by atoms with Crippen molar-refractivity contribution < 1.29 is 28.7 Å². The molecule has 1 heterocycles. The first kappa shape index (κ1) is 36.2. The predicted molar refractivity (Wildman–Crippen MR) is 206 cm³/mol. The molecule has 1 aliphatic carbocycles. The van der Waals surface area contributed by atoms with Crippen LogP contribution in [0.2, 0.25) is 0 Å². The number of hydrogen-bond donors (Lipinski definition) is 3. The molecule has 0 bridgehead atoms. The van der Waals surface area contributed by atoms with Gasteiger partial charge in [-0.25, -0.2) is 4.79 Å². The number of thiophene rings is 1. The van der Waals surface area contributed by atoms with Gasteiger partial charge in [0, 0.05) is 21.0 Å². The Morgan fingerprint density at radius 2 is 1.56 bits per heavy atom. The summed E-state index contributed by atoms with van der Waals surface area (Å²) in [5.74, 6) is -0.892. The topological polar surface area (TPSA) is 123 Å². The fourth-order valence-electron chi connectivity index (χ4n) is 5.66. The number of methoxy groups -OCH3 is 1. The molecule has 0 aliphatic heterocycles. The number of esters is 1. The lowest BCUT2D eigenvalue weighted by Gasteiger charge is -2.13. The van der Waals surface area contributed by atoms with Crippen molar-refractivity contribution in [3.05, 3.63) is 148 Å².